The van der Waals surface area contributed by atoms with Crippen LogP contribution < -0.4 is 16.8 Å². The summed E-state index contributed by atoms with van der Waals surface area (Å²) in [5.74, 6) is -0.0239. The number of amides is 1. The van der Waals surface area contributed by atoms with Crippen molar-refractivity contribution in [2.45, 2.75) is 19.4 Å². The molecule has 0 aliphatic carbocycles. The van der Waals surface area contributed by atoms with Gasteiger partial charge in [0, 0.05) is 26.1 Å². The van der Waals surface area contributed by atoms with E-state index in [-0.39, 0.29) is 11.9 Å². The maximum Gasteiger partial charge on any atom is 0.216 e. The highest BCUT2D eigenvalue weighted by Gasteiger charge is 1.97. The highest BCUT2D eigenvalue weighted by Crippen LogP contribution is 1.81. The standard InChI is InChI=1S/C6H15N3O/c1-5(10)9-3-2-6(8)4-7/h6H,2-4,7-8H2,1H3,(H,9,10)/t6-/m0/s1. The smallest absolute Gasteiger partial charge is 0.216 e. The van der Waals surface area contributed by atoms with Crippen LogP contribution in [-0.2, 0) is 4.79 Å². The SMILES string of the molecule is CC(=O)NCC[C@H](N)CN. The zero-order chi connectivity index (χ0) is 7.98. The Hall–Kier alpha value is -0.610. The number of hydrogen-bond donors (Lipinski definition) is 3. The second-order valence-corrected chi connectivity index (χ2v) is 2.27. The number of nitrogens with two attached hydrogens (primary N) is 2. The molecule has 0 aliphatic rings. The molecule has 0 aromatic heterocycles. The van der Waals surface area contributed by atoms with E-state index in [1.165, 1.54) is 6.92 Å². The highest BCUT2D eigenvalue weighted by molar-refractivity contribution is 5.72. The largest absolute Gasteiger partial charge is 0.356 e. The molecule has 0 aromatic carbocycles. The van der Waals surface area contributed by atoms with Gasteiger partial charge in [0.25, 0.3) is 0 Å². The fourth-order valence-corrected chi connectivity index (χ4v) is 0.551. The fourth-order valence-electron chi connectivity index (χ4n) is 0.551. The van der Waals surface area contributed by atoms with Crippen molar-refractivity contribution in [3.8, 4) is 0 Å². The van der Waals surface area contributed by atoms with Crippen molar-refractivity contribution < 1.29 is 4.79 Å². The minimum atomic E-state index is -0.0239. The fraction of sp³-hybridized carbons (Fsp3) is 0.833. The Kier molecular flexibility index (Phi) is 4.88. The van der Waals surface area contributed by atoms with Crippen LogP contribution in [0.3, 0.4) is 0 Å². The maximum atomic E-state index is 10.3. The van der Waals surface area contributed by atoms with Gasteiger partial charge in [-0.15, -0.1) is 0 Å². The lowest BCUT2D eigenvalue weighted by Crippen LogP contribution is -2.34. The molecule has 4 heteroatoms. The Bertz CT molecular complexity index is 105. The molecule has 0 saturated carbocycles. The van der Waals surface area contributed by atoms with E-state index in [1.54, 1.807) is 0 Å². The molecule has 60 valence electrons. The normalized spacial score (nSPS) is 12.7. The number of rotatable bonds is 4. The van der Waals surface area contributed by atoms with Gasteiger partial charge in [0.2, 0.25) is 5.91 Å². The second-order valence-electron chi connectivity index (χ2n) is 2.27. The van der Waals surface area contributed by atoms with Crippen LogP contribution in [0, 0.1) is 0 Å². The summed E-state index contributed by atoms with van der Waals surface area (Å²) < 4.78 is 0. The predicted molar refractivity (Wildman–Crippen MR) is 40.3 cm³/mol. The van der Waals surface area contributed by atoms with Gasteiger partial charge in [-0.25, -0.2) is 0 Å². The molecule has 0 spiro atoms. The van der Waals surface area contributed by atoms with Gasteiger partial charge in [0.15, 0.2) is 0 Å². The van der Waals surface area contributed by atoms with Crippen molar-refractivity contribution in [3.05, 3.63) is 0 Å². The second kappa shape index (κ2) is 5.20. The molecule has 0 aliphatic heterocycles. The molecule has 0 saturated heterocycles. The predicted octanol–water partition coefficient (Wildman–Crippen LogP) is -1.20. The Morgan fingerprint density at radius 3 is 2.70 bits per heavy atom. The van der Waals surface area contributed by atoms with Gasteiger partial charge in [0.05, 0.1) is 0 Å². The first kappa shape index (κ1) is 9.39. The molecule has 0 aromatic rings. The molecule has 10 heavy (non-hydrogen) atoms. The van der Waals surface area contributed by atoms with E-state index < -0.39 is 0 Å². The van der Waals surface area contributed by atoms with Gasteiger partial charge in [0.1, 0.15) is 0 Å². The average molecular weight is 145 g/mol. The van der Waals surface area contributed by atoms with Crippen LogP contribution in [0.25, 0.3) is 0 Å². The topological polar surface area (TPSA) is 81.1 Å². The summed E-state index contributed by atoms with van der Waals surface area (Å²) in [6, 6.07) is 0.00634. The van der Waals surface area contributed by atoms with E-state index >= 15 is 0 Å². The van der Waals surface area contributed by atoms with E-state index in [9.17, 15) is 4.79 Å². The third-order valence-electron chi connectivity index (χ3n) is 1.19. The van der Waals surface area contributed by atoms with Gasteiger partial charge >= 0.3 is 0 Å². The highest BCUT2D eigenvalue weighted by atomic mass is 16.1. The van der Waals surface area contributed by atoms with Crippen molar-refractivity contribution in [1.29, 1.82) is 0 Å². The van der Waals surface area contributed by atoms with Gasteiger partial charge < -0.3 is 16.8 Å². The summed E-state index contributed by atoms with van der Waals surface area (Å²) in [7, 11) is 0. The van der Waals surface area contributed by atoms with Crippen molar-refractivity contribution in [2.75, 3.05) is 13.1 Å². The zero-order valence-corrected chi connectivity index (χ0v) is 6.26. The van der Waals surface area contributed by atoms with Crippen molar-refractivity contribution >= 4 is 5.91 Å². The summed E-state index contributed by atoms with van der Waals surface area (Å²) in [6.45, 7) is 2.57. The summed E-state index contributed by atoms with van der Waals surface area (Å²) in [5.41, 5.74) is 10.7. The van der Waals surface area contributed by atoms with Crippen LogP contribution in [0.15, 0.2) is 0 Å². The molecule has 1 atom stereocenters. The van der Waals surface area contributed by atoms with Crippen molar-refractivity contribution in [2.24, 2.45) is 11.5 Å². The van der Waals surface area contributed by atoms with Gasteiger partial charge in [-0.2, -0.15) is 0 Å². The lowest BCUT2D eigenvalue weighted by molar-refractivity contribution is -0.118. The van der Waals surface area contributed by atoms with Crippen LogP contribution >= 0.6 is 0 Å². The van der Waals surface area contributed by atoms with E-state index in [1.807, 2.05) is 0 Å². The van der Waals surface area contributed by atoms with Crippen LogP contribution in [0.5, 0.6) is 0 Å². The van der Waals surface area contributed by atoms with Crippen molar-refractivity contribution in [1.82, 2.24) is 5.32 Å². The third kappa shape index (κ3) is 5.53. The van der Waals surface area contributed by atoms with Crippen LogP contribution in [0.2, 0.25) is 0 Å². The molecule has 0 radical (unpaired) electrons. The van der Waals surface area contributed by atoms with Crippen LogP contribution in [0.1, 0.15) is 13.3 Å². The van der Waals surface area contributed by atoms with E-state index in [4.69, 9.17) is 11.5 Å². The molecular formula is C6H15N3O. The van der Waals surface area contributed by atoms with Crippen molar-refractivity contribution in [3.63, 3.8) is 0 Å². The molecular weight excluding hydrogens is 130 g/mol. The first-order chi connectivity index (χ1) is 4.66. The molecule has 1 amide bonds. The number of nitrogens with one attached hydrogen (secondary N) is 1. The average Bonchev–Trinajstić information content (AvgIpc) is 1.87. The molecule has 0 fully saturated rings. The Balaban J connectivity index is 3.11. The zero-order valence-electron chi connectivity index (χ0n) is 6.26. The minimum Gasteiger partial charge on any atom is -0.356 e. The molecule has 0 rings (SSSR count). The number of carbonyl (C=O) groups is 1. The lowest BCUT2D eigenvalue weighted by Gasteiger charge is -2.07. The van der Waals surface area contributed by atoms with Crippen LogP contribution in [0.4, 0.5) is 0 Å². The Morgan fingerprint density at radius 2 is 2.30 bits per heavy atom. The third-order valence-corrected chi connectivity index (χ3v) is 1.19. The summed E-state index contributed by atoms with van der Waals surface area (Å²) in [6.07, 6.45) is 0.746. The van der Waals surface area contributed by atoms with E-state index in [0.717, 1.165) is 6.42 Å². The van der Waals surface area contributed by atoms with E-state index in [0.29, 0.717) is 13.1 Å². The molecule has 5 N–H and O–H groups in total. The van der Waals surface area contributed by atoms with Gasteiger partial charge in [-0.05, 0) is 6.42 Å². The van der Waals surface area contributed by atoms with Gasteiger partial charge in [-0.3, -0.25) is 4.79 Å². The summed E-state index contributed by atoms with van der Waals surface area (Å²) in [4.78, 5) is 10.3. The maximum absolute atomic E-state index is 10.3. The monoisotopic (exact) mass is 145 g/mol. The van der Waals surface area contributed by atoms with Gasteiger partial charge in [-0.1, -0.05) is 0 Å². The number of hydrogen-bond acceptors (Lipinski definition) is 3. The summed E-state index contributed by atoms with van der Waals surface area (Å²) >= 11 is 0. The molecule has 4 nitrogen and oxygen atoms in total. The Labute approximate surface area is 61.0 Å². The van der Waals surface area contributed by atoms with E-state index in [2.05, 4.69) is 5.32 Å². The Morgan fingerprint density at radius 1 is 1.70 bits per heavy atom. The first-order valence-electron chi connectivity index (χ1n) is 3.37. The molecule has 0 heterocycles. The lowest BCUT2D eigenvalue weighted by atomic mass is 10.2. The molecule has 0 bridgehead atoms. The van der Waals surface area contributed by atoms with Crippen LogP contribution in [-0.4, -0.2) is 25.0 Å². The summed E-state index contributed by atoms with van der Waals surface area (Å²) in [5, 5.41) is 2.64. The quantitative estimate of drug-likeness (QED) is 0.464. The number of carbonyl (C=O) groups excluding carboxylic acids is 1. The molecule has 0 unspecified atom stereocenters. The first-order valence-corrected chi connectivity index (χ1v) is 3.37. The minimum absolute atomic E-state index is 0.00634.